The third-order valence-electron chi connectivity index (χ3n) is 4.60. The Hall–Kier alpha value is -1.43. The van der Waals surface area contributed by atoms with E-state index in [-0.39, 0.29) is 12.0 Å². The maximum absolute atomic E-state index is 12.1. The first-order chi connectivity index (χ1) is 9.51. The Balaban J connectivity index is 2.20. The molecule has 2 N–H and O–H groups in total. The number of urea groups is 1. The number of hydrogen-bond donors (Lipinski definition) is 1. The van der Waals surface area contributed by atoms with E-state index in [2.05, 4.69) is 6.92 Å². The van der Waals surface area contributed by atoms with Crippen LogP contribution in [0.5, 0.6) is 0 Å². The fraction of sp³-hybridized carbons (Fsp3) is 0.786. The molecule has 0 spiro atoms. The standard InChI is InChI=1S/C14H23N3O3/c1-3-4-9-5-6-10(8-15)11(7-9)17-13(19)12(18)16(2)14(17)20/h9-11H,3-8,15H2,1-2H3. The Bertz CT molecular complexity index is 424. The van der Waals surface area contributed by atoms with Gasteiger partial charge in [0.25, 0.3) is 0 Å². The molecule has 0 bridgehead atoms. The Morgan fingerprint density at radius 2 is 1.90 bits per heavy atom. The minimum Gasteiger partial charge on any atom is -0.330 e. The van der Waals surface area contributed by atoms with E-state index in [1.54, 1.807) is 0 Å². The van der Waals surface area contributed by atoms with Crippen molar-refractivity contribution in [2.45, 2.75) is 45.1 Å². The SMILES string of the molecule is CCCC1CCC(CN)C(N2C(=O)C(=O)N(C)C2=O)C1. The van der Waals surface area contributed by atoms with Gasteiger partial charge in [-0.3, -0.25) is 19.4 Å². The molecule has 1 saturated heterocycles. The molecule has 2 aliphatic rings. The van der Waals surface area contributed by atoms with Gasteiger partial charge in [0, 0.05) is 13.1 Å². The molecule has 3 atom stereocenters. The average molecular weight is 281 g/mol. The summed E-state index contributed by atoms with van der Waals surface area (Å²) >= 11 is 0. The van der Waals surface area contributed by atoms with Crippen LogP contribution < -0.4 is 5.73 Å². The molecule has 3 unspecified atom stereocenters. The third-order valence-corrected chi connectivity index (χ3v) is 4.60. The summed E-state index contributed by atoms with van der Waals surface area (Å²) in [5.74, 6) is -0.814. The molecule has 112 valence electrons. The summed E-state index contributed by atoms with van der Waals surface area (Å²) in [6, 6.07) is -0.722. The zero-order valence-corrected chi connectivity index (χ0v) is 12.2. The largest absolute Gasteiger partial charge is 0.334 e. The molecule has 6 nitrogen and oxygen atoms in total. The molecular weight excluding hydrogens is 258 g/mol. The van der Waals surface area contributed by atoms with Crippen molar-refractivity contribution >= 4 is 17.8 Å². The molecule has 1 heterocycles. The minimum absolute atomic E-state index is 0.107. The molecule has 20 heavy (non-hydrogen) atoms. The van der Waals surface area contributed by atoms with Crippen molar-refractivity contribution < 1.29 is 14.4 Å². The molecule has 1 aliphatic carbocycles. The number of carbonyl (C=O) groups excluding carboxylic acids is 3. The van der Waals surface area contributed by atoms with Crippen LogP contribution in [0, 0.1) is 11.8 Å². The summed E-state index contributed by atoms with van der Waals surface area (Å²) in [5, 5.41) is 0. The van der Waals surface area contributed by atoms with E-state index >= 15 is 0 Å². The van der Waals surface area contributed by atoms with Gasteiger partial charge in [-0.1, -0.05) is 19.8 Å². The fourth-order valence-electron chi connectivity index (χ4n) is 3.43. The van der Waals surface area contributed by atoms with Crippen LogP contribution in [0.15, 0.2) is 0 Å². The lowest BCUT2D eigenvalue weighted by molar-refractivity contribution is -0.144. The quantitative estimate of drug-likeness (QED) is 0.614. The van der Waals surface area contributed by atoms with Crippen LogP contribution in [0.2, 0.25) is 0 Å². The zero-order chi connectivity index (χ0) is 14.9. The number of nitrogens with two attached hydrogens (primary N) is 1. The molecule has 6 heteroatoms. The van der Waals surface area contributed by atoms with Crippen LogP contribution >= 0.6 is 0 Å². The van der Waals surface area contributed by atoms with Gasteiger partial charge in [0.2, 0.25) is 0 Å². The second-order valence-electron chi connectivity index (χ2n) is 5.85. The highest BCUT2D eigenvalue weighted by Crippen LogP contribution is 2.36. The number of nitrogens with zero attached hydrogens (tertiary/aromatic N) is 2. The maximum Gasteiger partial charge on any atom is 0.334 e. The van der Waals surface area contributed by atoms with Gasteiger partial charge in [0.1, 0.15) is 0 Å². The van der Waals surface area contributed by atoms with Gasteiger partial charge in [0.15, 0.2) is 0 Å². The van der Waals surface area contributed by atoms with Crippen LogP contribution in [0.3, 0.4) is 0 Å². The molecule has 4 amide bonds. The van der Waals surface area contributed by atoms with Crippen molar-refractivity contribution in [3.05, 3.63) is 0 Å². The molecule has 1 aliphatic heterocycles. The number of carbonyl (C=O) groups is 3. The van der Waals surface area contributed by atoms with E-state index in [0.717, 1.165) is 41.9 Å². The predicted octanol–water partition coefficient (Wildman–Crippen LogP) is 0.951. The van der Waals surface area contributed by atoms with Crippen LogP contribution in [0.4, 0.5) is 4.79 Å². The highest BCUT2D eigenvalue weighted by Gasteiger charge is 2.48. The summed E-state index contributed by atoms with van der Waals surface area (Å²) < 4.78 is 0. The van der Waals surface area contributed by atoms with Gasteiger partial charge in [-0.05, 0) is 37.6 Å². The first-order valence-corrected chi connectivity index (χ1v) is 7.36. The number of imide groups is 2. The topological polar surface area (TPSA) is 83.7 Å². The Labute approximate surface area is 119 Å². The molecule has 0 aromatic rings. The molecular formula is C14H23N3O3. The van der Waals surface area contributed by atoms with Crippen molar-refractivity contribution in [2.75, 3.05) is 13.6 Å². The van der Waals surface area contributed by atoms with Gasteiger partial charge in [-0.15, -0.1) is 0 Å². The average Bonchev–Trinajstić information content (AvgIpc) is 2.63. The van der Waals surface area contributed by atoms with Crippen LogP contribution in [-0.2, 0) is 9.59 Å². The van der Waals surface area contributed by atoms with E-state index in [1.165, 1.54) is 7.05 Å². The number of likely N-dealkylation sites (N-methyl/N-ethyl adjacent to an activating group) is 1. The number of amides is 4. The summed E-state index contributed by atoms with van der Waals surface area (Å²) in [6.07, 6.45) is 4.96. The van der Waals surface area contributed by atoms with Crippen LogP contribution in [0.25, 0.3) is 0 Å². The lowest BCUT2D eigenvalue weighted by Crippen LogP contribution is -2.50. The molecule has 2 fully saturated rings. The third kappa shape index (κ3) is 2.44. The zero-order valence-electron chi connectivity index (χ0n) is 12.2. The van der Waals surface area contributed by atoms with Gasteiger partial charge < -0.3 is 5.73 Å². The minimum atomic E-state index is -0.733. The lowest BCUT2D eigenvalue weighted by atomic mass is 9.76. The van der Waals surface area contributed by atoms with Crippen molar-refractivity contribution in [2.24, 2.45) is 17.6 Å². The smallest absolute Gasteiger partial charge is 0.330 e. The molecule has 0 radical (unpaired) electrons. The van der Waals surface area contributed by atoms with Crippen molar-refractivity contribution in [3.8, 4) is 0 Å². The van der Waals surface area contributed by atoms with Crippen LogP contribution in [-0.4, -0.2) is 47.3 Å². The first kappa shape index (κ1) is 15.0. The van der Waals surface area contributed by atoms with Crippen molar-refractivity contribution in [1.82, 2.24) is 9.80 Å². The Kier molecular flexibility index (Phi) is 4.42. The van der Waals surface area contributed by atoms with Crippen molar-refractivity contribution in [3.63, 3.8) is 0 Å². The number of hydrogen-bond acceptors (Lipinski definition) is 4. The second kappa shape index (κ2) is 5.91. The summed E-state index contributed by atoms with van der Waals surface area (Å²) in [4.78, 5) is 37.9. The summed E-state index contributed by atoms with van der Waals surface area (Å²) in [5.41, 5.74) is 5.79. The predicted molar refractivity (Wildman–Crippen MR) is 73.6 cm³/mol. The molecule has 0 aromatic heterocycles. The van der Waals surface area contributed by atoms with E-state index in [1.807, 2.05) is 0 Å². The maximum atomic E-state index is 12.1. The van der Waals surface area contributed by atoms with Gasteiger partial charge in [-0.2, -0.15) is 0 Å². The van der Waals surface area contributed by atoms with Gasteiger partial charge >= 0.3 is 17.8 Å². The monoisotopic (exact) mass is 281 g/mol. The Morgan fingerprint density at radius 1 is 1.20 bits per heavy atom. The van der Waals surface area contributed by atoms with Crippen molar-refractivity contribution in [1.29, 1.82) is 0 Å². The van der Waals surface area contributed by atoms with E-state index < -0.39 is 17.8 Å². The van der Waals surface area contributed by atoms with E-state index in [4.69, 9.17) is 5.73 Å². The molecule has 1 saturated carbocycles. The normalized spacial score (nSPS) is 31.4. The molecule has 2 rings (SSSR count). The first-order valence-electron chi connectivity index (χ1n) is 7.36. The fourth-order valence-corrected chi connectivity index (χ4v) is 3.43. The highest BCUT2D eigenvalue weighted by molar-refractivity contribution is 6.44. The summed E-state index contributed by atoms with van der Waals surface area (Å²) in [7, 11) is 1.35. The van der Waals surface area contributed by atoms with Crippen LogP contribution in [0.1, 0.15) is 39.0 Å². The molecule has 0 aromatic carbocycles. The second-order valence-corrected chi connectivity index (χ2v) is 5.85. The van der Waals surface area contributed by atoms with E-state index in [9.17, 15) is 14.4 Å². The highest BCUT2D eigenvalue weighted by atomic mass is 16.2. The van der Waals surface area contributed by atoms with Gasteiger partial charge in [-0.25, -0.2) is 4.79 Å². The Morgan fingerprint density at radius 3 is 2.40 bits per heavy atom. The van der Waals surface area contributed by atoms with E-state index in [0.29, 0.717) is 12.5 Å². The lowest BCUT2D eigenvalue weighted by Gasteiger charge is -2.39. The number of rotatable bonds is 4. The summed E-state index contributed by atoms with van der Waals surface area (Å²) in [6.45, 7) is 2.58. The van der Waals surface area contributed by atoms with Gasteiger partial charge in [0.05, 0.1) is 0 Å².